The SMILES string of the molecule is C[C@@H](C1(NC(=O)N[C@H](C(=O)N2C[C@H]3[C@@H]([C@H]2C(=O)N[C@@H](CC2CC2)C(=O)C(=O)NC2CC2)C3(C)C)C2(C)CCCCC2)CCCCC1)S(=O)(=O)N(C)C. The fourth-order valence-corrected chi connectivity index (χ4v) is 11.3. The molecule has 14 heteroatoms. The van der Waals surface area contributed by atoms with Crippen LogP contribution in [0.1, 0.15) is 124 Å². The number of fused-ring (bicyclic) bond motifs is 1. The second kappa shape index (κ2) is 14.5. The van der Waals surface area contributed by atoms with E-state index in [1.54, 1.807) is 11.8 Å². The normalized spacial score (nSPS) is 29.2. The molecule has 5 saturated carbocycles. The number of nitrogens with one attached hydrogen (secondary N) is 4. The molecule has 292 valence electrons. The first-order chi connectivity index (χ1) is 24.4. The number of urea groups is 1. The molecule has 52 heavy (non-hydrogen) atoms. The Hall–Kier alpha value is -2.74. The number of piperidine rings is 1. The highest BCUT2D eigenvalue weighted by Gasteiger charge is 2.70. The van der Waals surface area contributed by atoms with Gasteiger partial charge in [0.05, 0.1) is 16.8 Å². The number of rotatable bonds is 14. The highest BCUT2D eigenvalue weighted by molar-refractivity contribution is 7.89. The van der Waals surface area contributed by atoms with E-state index in [1.165, 1.54) is 18.4 Å². The maximum absolute atomic E-state index is 14.9. The van der Waals surface area contributed by atoms with E-state index in [1.807, 2.05) is 6.92 Å². The standard InChI is InChI=1S/C38H62N6O7S/c1-23(52(50,51)43(5)6)38(19-11-8-12-20-38)42-35(49)41-31(37(4)17-9-7-10-18-37)34(48)44-22-26-28(36(26,2)3)29(44)32(46)40-27(21-24-13-14-24)30(45)33(47)39-25-15-16-25/h23-29,31H,7-22H2,1-6H3,(H,39,47)(H,40,46)(H2,41,42,49)/t23-,26-,27-,28-,29-,31+/m0/s1. The fraction of sp³-hybridized carbons (Fsp3) is 0.868. The molecule has 0 bridgehead atoms. The summed E-state index contributed by atoms with van der Waals surface area (Å²) in [7, 11) is -0.702. The molecule has 1 saturated heterocycles. The number of sulfonamides is 1. The van der Waals surface area contributed by atoms with Crippen LogP contribution in [0.25, 0.3) is 0 Å². The zero-order valence-electron chi connectivity index (χ0n) is 32.1. The average Bonchev–Trinajstić information content (AvgIpc) is 4.06. The predicted octanol–water partition coefficient (Wildman–Crippen LogP) is 3.22. The van der Waals surface area contributed by atoms with Gasteiger partial charge in [0.25, 0.3) is 5.91 Å². The lowest BCUT2D eigenvalue weighted by Gasteiger charge is -2.45. The Bertz CT molecular complexity index is 1530. The van der Waals surface area contributed by atoms with Gasteiger partial charge in [-0.2, -0.15) is 0 Å². The van der Waals surface area contributed by atoms with Gasteiger partial charge in [-0.3, -0.25) is 19.2 Å². The maximum atomic E-state index is 14.9. The van der Waals surface area contributed by atoms with E-state index in [9.17, 15) is 32.4 Å². The van der Waals surface area contributed by atoms with Gasteiger partial charge in [0.1, 0.15) is 12.1 Å². The van der Waals surface area contributed by atoms with Crippen molar-refractivity contribution in [2.75, 3.05) is 20.6 Å². The van der Waals surface area contributed by atoms with Gasteiger partial charge in [0.2, 0.25) is 27.6 Å². The number of Topliss-reactive ketones (excluding diaryl/α,β-unsaturated/α-hetero) is 1. The van der Waals surface area contributed by atoms with Gasteiger partial charge < -0.3 is 26.2 Å². The zero-order valence-corrected chi connectivity index (χ0v) is 32.9. The van der Waals surface area contributed by atoms with E-state index in [-0.39, 0.29) is 35.1 Å². The summed E-state index contributed by atoms with van der Waals surface area (Å²) in [4.78, 5) is 71.2. The molecule has 1 aliphatic heterocycles. The number of amides is 5. The quantitative estimate of drug-likeness (QED) is 0.198. The Balaban J connectivity index is 1.25. The van der Waals surface area contributed by atoms with Crippen LogP contribution in [0.15, 0.2) is 0 Å². The molecule has 6 aliphatic rings. The molecule has 5 amide bonds. The molecule has 4 N–H and O–H groups in total. The van der Waals surface area contributed by atoms with E-state index in [4.69, 9.17) is 0 Å². The van der Waals surface area contributed by atoms with Crippen molar-refractivity contribution in [3.05, 3.63) is 0 Å². The molecular formula is C38H62N6O7S. The summed E-state index contributed by atoms with van der Waals surface area (Å²) in [5, 5.41) is 11.0. The van der Waals surface area contributed by atoms with E-state index < -0.39 is 68.0 Å². The first kappa shape index (κ1) is 39.0. The van der Waals surface area contributed by atoms with E-state index >= 15 is 0 Å². The second-order valence-electron chi connectivity index (χ2n) is 18.2. The van der Waals surface area contributed by atoms with Crippen molar-refractivity contribution >= 4 is 39.6 Å². The minimum atomic E-state index is -3.71. The molecule has 5 aliphatic carbocycles. The summed E-state index contributed by atoms with van der Waals surface area (Å²) < 4.78 is 28.0. The number of nitrogens with zero attached hydrogens (tertiary/aromatic N) is 2. The van der Waals surface area contributed by atoms with Gasteiger partial charge in [-0.25, -0.2) is 17.5 Å². The van der Waals surface area contributed by atoms with Crippen LogP contribution in [0.5, 0.6) is 0 Å². The third kappa shape index (κ3) is 7.75. The Morgan fingerprint density at radius 3 is 2.00 bits per heavy atom. The molecule has 6 atom stereocenters. The Kier molecular flexibility index (Phi) is 10.9. The van der Waals surface area contributed by atoms with Crippen LogP contribution in [0.2, 0.25) is 0 Å². The van der Waals surface area contributed by atoms with Crippen molar-refractivity contribution < 1.29 is 32.4 Å². The summed E-state index contributed by atoms with van der Waals surface area (Å²) in [6.45, 7) is 8.24. The van der Waals surface area contributed by atoms with Gasteiger partial charge in [0, 0.05) is 26.7 Å². The van der Waals surface area contributed by atoms with Gasteiger partial charge in [-0.05, 0) is 80.5 Å². The predicted molar refractivity (Wildman–Crippen MR) is 196 cm³/mol. The van der Waals surface area contributed by atoms with Gasteiger partial charge in [-0.1, -0.05) is 72.1 Å². The maximum Gasteiger partial charge on any atom is 0.315 e. The number of hydrogen-bond donors (Lipinski definition) is 4. The van der Waals surface area contributed by atoms with Crippen LogP contribution >= 0.6 is 0 Å². The second-order valence-corrected chi connectivity index (χ2v) is 20.6. The smallest absolute Gasteiger partial charge is 0.315 e. The molecule has 0 unspecified atom stereocenters. The third-order valence-corrected chi connectivity index (χ3v) is 16.2. The molecule has 0 aromatic rings. The Morgan fingerprint density at radius 2 is 1.44 bits per heavy atom. The summed E-state index contributed by atoms with van der Waals surface area (Å²) >= 11 is 0. The Morgan fingerprint density at radius 1 is 0.846 bits per heavy atom. The minimum absolute atomic E-state index is 0.0149. The van der Waals surface area contributed by atoms with Gasteiger partial charge in [-0.15, -0.1) is 0 Å². The number of likely N-dealkylation sites (tertiary alicyclic amines) is 1. The van der Waals surface area contributed by atoms with Crippen molar-refractivity contribution in [2.45, 2.75) is 159 Å². The van der Waals surface area contributed by atoms with Crippen LogP contribution in [0, 0.1) is 28.6 Å². The highest BCUT2D eigenvalue weighted by atomic mass is 32.2. The monoisotopic (exact) mass is 746 g/mol. The summed E-state index contributed by atoms with van der Waals surface area (Å²) in [5.74, 6) is -1.82. The molecule has 13 nitrogen and oxygen atoms in total. The summed E-state index contributed by atoms with van der Waals surface area (Å²) in [5.41, 5.74) is -1.76. The van der Waals surface area contributed by atoms with Crippen LogP contribution in [-0.2, 0) is 29.2 Å². The van der Waals surface area contributed by atoms with E-state index in [0.29, 0.717) is 25.8 Å². The average molecular weight is 747 g/mol. The largest absolute Gasteiger partial charge is 0.347 e. The zero-order chi connectivity index (χ0) is 37.8. The van der Waals surface area contributed by atoms with Crippen molar-refractivity contribution in [1.82, 2.24) is 30.5 Å². The number of carbonyl (C=O) groups excluding carboxylic acids is 5. The number of hydrogen-bond acceptors (Lipinski definition) is 7. The molecule has 0 aromatic carbocycles. The van der Waals surface area contributed by atoms with Crippen molar-refractivity contribution in [3.8, 4) is 0 Å². The van der Waals surface area contributed by atoms with E-state index in [0.717, 1.165) is 77.0 Å². The molecular weight excluding hydrogens is 685 g/mol. The van der Waals surface area contributed by atoms with Crippen LogP contribution < -0.4 is 21.3 Å². The van der Waals surface area contributed by atoms with Gasteiger partial charge >= 0.3 is 6.03 Å². The lowest BCUT2D eigenvalue weighted by Crippen LogP contribution is -2.66. The highest BCUT2D eigenvalue weighted by Crippen LogP contribution is 2.65. The molecule has 6 fully saturated rings. The fourth-order valence-electron chi connectivity index (χ4n) is 9.79. The number of ketones is 1. The Labute approximate surface area is 309 Å². The molecule has 6 rings (SSSR count). The molecule has 0 spiro atoms. The topological polar surface area (TPSA) is 174 Å². The van der Waals surface area contributed by atoms with Gasteiger partial charge in [0.15, 0.2) is 0 Å². The van der Waals surface area contributed by atoms with Crippen molar-refractivity contribution in [2.24, 2.45) is 28.6 Å². The third-order valence-electron chi connectivity index (χ3n) is 13.9. The molecule has 0 aromatic heterocycles. The summed E-state index contributed by atoms with van der Waals surface area (Å²) in [6, 6.07) is -3.31. The van der Waals surface area contributed by atoms with E-state index in [2.05, 4.69) is 35.1 Å². The van der Waals surface area contributed by atoms with Crippen LogP contribution in [-0.4, -0.2) is 103 Å². The van der Waals surface area contributed by atoms with Crippen LogP contribution in [0.4, 0.5) is 4.79 Å². The minimum Gasteiger partial charge on any atom is -0.347 e. The first-order valence-electron chi connectivity index (χ1n) is 19.9. The first-order valence-corrected chi connectivity index (χ1v) is 21.4. The molecule has 1 heterocycles. The molecule has 0 radical (unpaired) electrons. The lowest BCUT2D eigenvalue weighted by molar-refractivity contribution is -0.146. The summed E-state index contributed by atoms with van der Waals surface area (Å²) in [6.07, 6.45) is 11.8. The van der Waals surface area contributed by atoms with Crippen molar-refractivity contribution in [1.29, 1.82) is 0 Å². The van der Waals surface area contributed by atoms with Crippen molar-refractivity contribution in [3.63, 3.8) is 0 Å². The van der Waals surface area contributed by atoms with Crippen LogP contribution in [0.3, 0.4) is 0 Å². The number of carbonyl (C=O) groups is 5. The lowest BCUT2D eigenvalue weighted by atomic mass is 9.70.